The largest absolute Gasteiger partial charge is 0.399 e. The molecule has 6 heteroatoms. The molecular weight excluding hydrogens is 300 g/mol. The van der Waals surface area contributed by atoms with Crippen LogP contribution in [0.1, 0.15) is 25.3 Å². The second-order valence-electron chi connectivity index (χ2n) is 5.11. The van der Waals surface area contributed by atoms with E-state index in [1.807, 2.05) is 38.1 Å². The third-order valence-corrected chi connectivity index (χ3v) is 4.33. The summed E-state index contributed by atoms with van der Waals surface area (Å²) in [6, 6.07) is 13.4. The fraction of sp³-hybridized carbons (Fsp3) is 0.188. The average Bonchev–Trinajstić information content (AvgIpc) is 2.46. The van der Waals surface area contributed by atoms with Gasteiger partial charge in [0.05, 0.1) is 10.6 Å². The Labute approximate surface area is 130 Å². The Balaban J connectivity index is 2.30. The molecule has 0 spiro atoms. The molecule has 5 nitrogen and oxygen atoms in total. The van der Waals surface area contributed by atoms with Crippen molar-refractivity contribution in [2.45, 2.75) is 24.7 Å². The quantitative estimate of drug-likeness (QED) is 0.513. The Morgan fingerprint density at radius 2 is 1.82 bits per heavy atom. The maximum atomic E-state index is 11.2. The molecule has 2 aromatic rings. The minimum absolute atomic E-state index is 0.0648. The summed E-state index contributed by atoms with van der Waals surface area (Å²) in [6.45, 7) is 3.89. The van der Waals surface area contributed by atoms with Crippen LogP contribution in [0.2, 0.25) is 0 Å². The first-order chi connectivity index (χ1) is 10.3. The molecule has 2 rings (SSSR count). The lowest BCUT2D eigenvalue weighted by atomic mass is 9.96. The predicted molar refractivity (Wildman–Crippen MR) is 88.3 cm³/mol. The molecule has 1 unspecified atom stereocenters. The Hall–Kier alpha value is -2.18. The Bertz CT molecular complexity index is 796. The molecule has 0 saturated carbocycles. The van der Waals surface area contributed by atoms with Crippen LogP contribution in [0.25, 0.3) is 0 Å². The molecule has 116 valence electrons. The number of rotatable bonds is 4. The van der Waals surface area contributed by atoms with E-state index in [1.165, 1.54) is 12.1 Å². The van der Waals surface area contributed by atoms with Gasteiger partial charge in [0.2, 0.25) is 0 Å². The number of nitrogens with zero attached hydrogens (tertiary/aromatic N) is 1. The van der Waals surface area contributed by atoms with E-state index in [4.69, 9.17) is 10.3 Å². The van der Waals surface area contributed by atoms with Crippen molar-refractivity contribution in [2.75, 3.05) is 5.73 Å². The highest BCUT2D eigenvalue weighted by atomic mass is 32.2. The third kappa shape index (κ3) is 3.93. The Morgan fingerprint density at radius 1 is 1.18 bits per heavy atom. The second kappa shape index (κ2) is 6.29. The van der Waals surface area contributed by atoms with Gasteiger partial charge in [0, 0.05) is 17.3 Å². The lowest BCUT2D eigenvalue weighted by molar-refractivity contribution is 0.483. The summed E-state index contributed by atoms with van der Waals surface area (Å²) in [4.78, 5) is 4.28. The molecule has 1 atom stereocenters. The van der Waals surface area contributed by atoms with Crippen LogP contribution >= 0.6 is 0 Å². The molecule has 0 saturated heterocycles. The number of nitrogen functional groups attached to an aromatic ring is 1. The van der Waals surface area contributed by atoms with Crippen molar-refractivity contribution in [3.05, 3.63) is 54.1 Å². The zero-order valence-electron chi connectivity index (χ0n) is 12.4. The van der Waals surface area contributed by atoms with Gasteiger partial charge in [0.25, 0.3) is 10.1 Å². The number of aliphatic imine (C=N–C) groups is 1. The minimum Gasteiger partial charge on any atom is -0.399 e. The average molecular weight is 318 g/mol. The zero-order chi connectivity index (χ0) is 16.3. The van der Waals surface area contributed by atoms with Crippen LogP contribution in [-0.2, 0) is 10.1 Å². The summed E-state index contributed by atoms with van der Waals surface area (Å²) in [7, 11) is -4.22. The molecule has 2 aromatic carbocycles. The third-order valence-electron chi connectivity index (χ3n) is 3.48. The van der Waals surface area contributed by atoms with E-state index in [0.29, 0.717) is 11.4 Å². The molecule has 0 aromatic heterocycles. The molecule has 0 aliphatic heterocycles. The maximum Gasteiger partial charge on any atom is 0.294 e. The van der Waals surface area contributed by atoms with Gasteiger partial charge in [0.1, 0.15) is 0 Å². The van der Waals surface area contributed by atoms with E-state index in [0.717, 1.165) is 11.3 Å². The van der Waals surface area contributed by atoms with Crippen molar-refractivity contribution >= 4 is 27.2 Å². The van der Waals surface area contributed by atoms with Crippen molar-refractivity contribution in [1.82, 2.24) is 0 Å². The highest BCUT2D eigenvalue weighted by Gasteiger charge is 2.11. The van der Waals surface area contributed by atoms with Crippen LogP contribution < -0.4 is 5.73 Å². The van der Waals surface area contributed by atoms with Gasteiger partial charge in [-0.3, -0.25) is 9.55 Å². The normalized spacial score (nSPS) is 13.9. The fourth-order valence-corrected chi connectivity index (χ4v) is 2.56. The van der Waals surface area contributed by atoms with E-state index in [1.54, 1.807) is 12.1 Å². The second-order valence-corrected chi connectivity index (χ2v) is 6.54. The van der Waals surface area contributed by atoms with Crippen LogP contribution in [0.15, 0.2) is 58.4 Å². The number of hydrogen-bond acceptors (Lipinski definition) is 4. The van der Waals surface area contributed by atoms with E-state index >= 15 is 0 Å². The number of nitrogens with two attached hydrogens (primary N) is 1. The molecule has 0 aliphatic rings. The predicted octanol–water partition coefficient (Wildman–Crippen LogP) is 3.41. The molecule has 0 bridgehead atoms. The summed E-state index contributed by atoms with van der Waals surface area (Å²) in [5, 5.41) is 0. The van der Waals surface area contributed by atoms with Gasteiger partial charge in [0.15, 0.2) is 0 Å². The van der Waals surface area contributed by atoms with Crippen molar-refractivity contribution in [3.8, 4) is 0 Å². The van der Waals surface area contributed by atoms with Crippen molar-refractivity contribution in [2.24, 2.45) is 4.99 Å². The highest BCUT2D eigenvalue weighted by molar-refractivity contribution is 7.85. The van der Waals surface area contributed by atoms with Gasteiger partial charge in [-0.2, -0.15) is 8.42 Å². The van der Waals surface area contributed by atoms with E-state index in [9.17, 15) is 8.42 Å². The first-order valence-electron chi connectivity index (χ1n) is 6.75. The number of hydrogen-bond donors (Lipinski definition) is 2. The van der Waals surface area contributed by atoms with Crippen molar-refractivity contribution < 1.29 is 13.0 Å². The van der Waals surface area contributed by atoms with Gasteiger partial charge in [-0.1, -0.05) is 25.1 Å². The van der Waals surface area contributed by atoms with Crippen LogP contribution in [-0.4, -0.2) is 18.7 Å². The molecule has 0 fully saturated rings. The van der Waals surface area contributed by atoms with Gasteiger partial charge in [-0.15, -0.1) is 0 Å². The summed E-state index contributed by atoms with van der Waals surface area (Å²) in [6.07, 6.45) is 0. The van der Waals surface area contributed by atoms with Crippen molar-refractivity contribution in [1.29, 1.82) is 0 Å². The molecule has 0 amide bonds. The first kappa shape index (κ1) is 16.2. The standard InChI is InChI=1S/C16H18N2O3S/c1-11(13-6-8-14(17)9-7-13)12(2)18-15-4-3-5-16(10-15)22(19,20)21/h3-11H,17H2,1-2H3,(H,19,20,21)/b18-12+. The van der Waals surface area contributed by atoms with Gasteiger partial charge in [-0.05, 0) is 42.8 Å². The maximum absolute atomic E-state index is 11.2. The number of anilines is 1. The van der Waals surface area contributed by atoms with Crippen LogP contribution in [0.3, 0.4) is 0 Å². The summed E-state index contributed by atoms with van der Waals surface area (Å²) >= 11 is 0. The fourth-order valence-electron chi connectivity index (χ4n) is 2.04. The smallest absolute Gasteiger partial charge is 0.294 e. The van der Waals surface area contributed by atoms with Gasteiger partial charge >= 0.3 is 0 Å². The zero-order valence-corrected chi connectivity index (χ0v) is 13.2. The van der Waals surface area contributed by atoms with Crippen LogP contribution in [0, 0.1) is 0 Å². The molecule has 3 N–H and O–H groups in total. The van der Waals surface area contributed by atoms with E-state index in [2.05, 4.69) is 4.99 Å². The summed E-state index contributed by atoms with van der Waals surface area (Å²) in [5.41, 5.74) is 8.76. The minimum atomic E-state index is -4.22. The van der Waals surface area contributed by atoms with E-state index in [-0.39, 0.29) is 10.8 Å². The first-order valence-corrected chi connectivity index (χ1v) is 8.19. The molecule has 22 heavy (non-hydrogen) atoms. The van der Waals surface area contributed by atoms with Crippen molar-refractivity contribution in [3.63, 3.8) is 0 Å². The van der Waals surface area contributed by atoms with Gasteiger partial charge in [-0.25, -0.2) is 0 Å². The summed E-state index contributed by atoms with van der Waals surface area (Å²) in [5.74, 6) is 0.0648. The molecule has 0 radical (unpaired) electrons. The van der Waals surface area contributed by atoms with Gasteiger partial charge < -0.3 is 5.73 Å². The lowest BCUT2D eigenvalue weighted by Gasteiger charge is -2.12. The molecule has 0 heterocycles. The molecule has 0 aliphatic carbocycles. The summed E-state index contributed by atoms with van der Waals surface area (Å²) < 4.78 is 31.4. The van der Waals surface area contributed by atoms with Crippen LogP contribution in [0.5, 0.6) is 0 Å². The van der Waals surface area contributed by atoms with Crippen LogP contribution in [0.4, 0.5) is 11.4 Å². The Kier molecular flexibility index (Phi) is 4.63. The molecular formula is C16H18N2O3S. The lowest BCUT2D eigenvalue weighted by Crippen LogP contribution is -2.05. The SMILES string of the molecule is C/C(=N\c1cccc(S(=O)(=O)O)c1)C(C)c1ccc(N)cc1. The Morgan fingerprint density at radius 3 is 2.41 bits per heavy atom. The van der Waals surface area contributed by atoms with E-state index < -0.39 is 10.1 Å². The topological polar surface area (TPSA) is 92.8 Å². The monoisotopic (exact) mass is 318 g/mol. The highest BCUT2D eigenvalue weighted by Crippen LogP contribution is 2.23. The number of benzene rings is 2.